The minimum absolute atomic E-state index is 0.544. The van der Waals surface area contributed by atoms with Crippen molar-refractivity contribution in [3.05, 3.63) is 5.69 Å². The van der Waals surface area contributed by atoms with Gasteiger partial charge >= 0.3 is 0 Å². The molecular formula is C15H26N6. The fourth-order valence-corrected chi connectivity index (χ4v) is 3.43. The Bertz CT molecular complexity index is 626. The van der Waals surface area contributed by atoms with E-state index in [1.807, 2.05) is 11.7 Å². The quantitative estimate of drug-likeness (QED) is 0.932. The third kappa shape index (κ3) is 2.52. The molecule has 1 saturated heterocycles. The van der Waals surface area contributed by atoms with Gasteiger partial charge in [-0.2, -0.15) is 5.10 Å². The highest BCUT2D eigenvalue weighted by Crippen LogP contribution is 2.24. The number of likely N-dealkylation sites (N-methyl/N-ethyl adjacent to an activating group) is 1. The van der Waals surface area contributed by atoms with Gasteiger partial charge in [-0.15, -0.1) is 0 Å². The van der Waals surface area contributed by atoms with Crippen LogP contribution >= 0.6 is 0 Å². The van der Waals surface area contributed by atoms with Crippen molar-refractivity contribution in [2.24, 2.45) is 7.05 Å². The molecule has 21 heavy (non-hydrogen) atoms. The van der Waals surface area contributed by atoms with E-state index in [0.29, 0.717) is 12.0 Å². The van der Waals surface area contributed by atoms with Crippen LogP contribution in [-0.2, 0) is 20.0 Å². The molecule has 0 saturated carbocycles. The van der Waals surface area contributed by atoms with Crippen LogP contribution in [-0.4, -0.2) is 43.9 Å². The lowest BCUT2D eigenvalue weighted by Gasteiger charge is -2.32. The zero-order chi connectivity index (χ0) is 15.0. The number of piperidine rings is 1. The molecule has 0 bridgehead atoms. The predicted molar refractivity (Wildman–Crippen MR) is 85.2 cm³/mol. The first kappa shape index (κ1) is 14.4. The molecule has 1 fully saturated rings. The van der Waals surface area contributed by atoms with Gasteiger partial charge in [-0.1, -0.05) is 19.8 Å². The number of imidazole rings is 1. The summed E-state index contributed by atoms with van der Waals surface area (Å²) in [7, 11) is 4.20. The summed E-state index contributed by atoms with van der Waals surface area (Å²) in [6.07, 6.45) is 5.87. The lowest BCUT2D eigenvalue weighted by atomic mass is 10.0. The van der Waals surface area contributed by atoms with Crippen LogP contribution < -0.4 is 5.73 Å². The second kappa shape index (κ2) is 5.67. The molecule has 1 unspecified atom stereocenters. The predicted octanol–water partition coefficient (Wildman–Crippen LogP) is 1.79. The average molecular weight is 290 g/mol. The van der Waals surface area contributed by atoms with E-state index in [-0.39, 0.29) is 0 Å². The minimum atomic E-state index is 0.544. The largest absolute Gasteiger partial charge is 0.369 e. The maximum absolute atomic E-state index is 6.19. The molecule has 3 heterocycles. The van der Waals surface area contributed by atoms with E-state index in [0.717, 1.165) is 36.2 Å². The summed E-state index contributed by atoms with van der Waals surface area (Å²) in [6.45, 7) is 4.25. The van der Waals surface area contributed by atoms with Crippen LogP contribution in [0.25, 0.3) is 11.2 Å². The summed E-state index contributed by atoms with van der Waals surface area (Å²) in [5, 5.41) is 4.62. The third-order valence-electron chi connectivity index (χ3n) is 4.62. The summed E-state index contributed by atoms with van der Waals surface area (Å²) in [6, 6.07) is 0.544. The fraction of sp³-hybridized carbons (Fsp3) is 0.733. The Hall–Kier alpha value is -1.56. The molecule has 6 nitrogen and oxygen atoms in total. The Morgan fingerprint density at radius 2 is 2.10 bits per heavy atom. The van der Waals surface area contributed by atoms with Crippen LogP contribution in [0.3, 0.4) is 0 Å². The topological polar surface area (TPSA) is 64.9 Å². The van der Waals surface area contributed by atoms with E-state index in [2.05, 4.69) is 33.5 Å². The van der Waals surface area contributed by atoms with E-state index >= 15 is 0 Å². The standard InChI is InChI=1S/C15H26N6/c1-4-7-12-13-14(20(3)18-12)21(15(16)17-13)10-11-8-5-6-9-19(11)2/h11H,4-10H2,1-3H3,(H2,16,17). The highest BCUT2D eigenvalue weighted by molar-refractivity contribution is 5.77. The van der Waals surface area contributed by atoms with Gasteiger partial charge in [0, 0.05) is 19.6 Å². The maximum Gasteiger partial charge on any atom is 0.202 e. The summed E-state index contributed by atoms with van der Waals surface area (Å²) in [4.78, 5) is 7.02. The lowest BCUT2D eigenvalue weighted by Crippen LogP contribution is -2.39. The smallest absolute Gasteiger partial charge is 0.202 e. The molecule has 2 aromatic heterocycles. The molecule has 2 aromatic rings. The van der Waals surface area contributed by atoms with Gasteiger partial charge in [-0.05, 0) is 32.9 Å². The van der Waals surface area contributed by atoms with Crippen molar-refractivity contribution < 1.29 is 0 Å². The van der Waals surface area contributed by atoms with Gasteiger partial charge in [0.25, 0.3) is 0 Å². The SMILES string of the molecule is CCCc1nn(C)c2c1nc(N)n2CC1CCCCN1C. The first-order valence-corrected chi connectivity index (χ1v) is 7.99. The molecule has 3 rings (SSSR count). The molecule has 0 radical (unpaired) electrons. The fourth-order valence-electron chi connectivity index (χ4n) is 3.43. The summed E-state index contributed by atoms with van der Waals surface area (Å²) in [5.41, 5.74) is 9.30. The zero-order valence-electron chi connectivity index (χ0n) is 13.3. The average Bonchev–Trinajstić information content (AvgIpc) is 2.92. The van der Waals surface area contributed by atoms with Crippen LogP contribution in [0.15, 0.2) is 0 Å². The number of anilines is 1. The molecule has 2 N–H and O–H groups in total. The van der Waals surface area contributed by atoms with E-state index < -0.39 is 0 Å². The number of hydrogen-bond acceptors (Lipinski definition) is 4. The van der Waals surface area contributed by atoms with Gasteiger partial charge in [0.15, 0.2) is 5.65 Å². The summed E-state index contributed by atoms with van der Waals surface area (Å²) in [5.74, 6) is 0.620. The highest BCUT2D eigenvalue weighted by atomic mass is 15.4. The van der Waals surface area contributed by atoms with Gasteiger partial charge in [-0.3, -0.25) is 9.25 Å². The first-order chi connectivity index (χ1) is 10.1. The van der Waals surface area contributed by atoms with E-state index in [1.165, 1.54) is 25.8 Å². The molecule has 1 aliphatic rings. The van der Waals surface area contributed by atoms with E-state index in [9.17, 15) is 0 Å². The van der Waals surface area contributed by atoms with Gasteiger partial charge < -0.3 is 10.6 Å². The van der Waals surface area contributed by atoms with Crippen LogP contribution in [0, 0.1) is 0 Å². The van der Waals surface area contributed by atoms with E-state index in [1.54, 1.807) is 0 Å². The van der Waals surface area contributed by atoms with Crippen LogP contribution in [0.2, 0.25) is 0 Å². The van der Waals surface area contributed by atoms with Crippen molar-refractivity contribution in [2.45, 2.75) is 51.6 Å². The summed E-state index contributed by atoms with van der Waals surface area (Å²) >= 11 is 0. The van der Waals surface area contributed by atoms with Crippen LogP contribution in [0.4, 0.5) is 5.95 Å². The summed E-state index contributed by atoms with van der Waals surface area (Å²) < 4.78 is 4.08. The number of hydrogen-bond donors (Lipinski definition) is 1. The van der Waals surface area contributed by atoms with Gasteiger partial charge in [0.2, 0.25) is 5.95 Å². The molecule has 0 amide bonds. The Morgan fingerprint density at radius 1 is 1.29 bits per heavy atom. The Labute approximate surface area is 125 Å². The Morgan fingerprint density at radius 3 is 2.81 bits per heavy atom. The number of fused-ring (bicyclic) bond motifs is 1. The van der Waals surface area contributed by atoms with Crippen molar-refractivity contribution >= 4 is 17.1 Å². The van der Waals surface area contributed by atoms with Crippen LogP contribution in [0.5, 0.6) is 0 Å². The lowest BCUT2D eigenvalue weighted by molar-refractivity contribution is 0.169. The van der Waals surface area contributed by atoms with Crippen molar-refractivity contribution in [1.29, 1.82) is 0 Å². The van der Waals surface area contributed by atoms with Gasteiger partial charge in [0.05, 0.1) is 5.69 Å². The minimum Gasteiger partial charge on any atom is -0.369 e. The van der Waals surface area contributed by atoms with Crippen molar-refractivity contribution in [2.75, 3.05) is 19.3 Å². The second-order valence-corrected chi connectivity index (χ2v) is 6.20. The van der Waals surface area contributed by atoms with E-state index in [4.69, 9.17) is 5.73 Å². The number of aryl methyl sites for hydroxylation is 2. The molecule has 0 aliphatic carbocycles. The number of rotatable bonds is 4. The highest BCUT2D eigenvalue weighted by Gasteiger charge is 2.23. The maximum atomic E-state index is 6.19. The normalized spacial score (nSPS) is 20.4. The van der Waals surface area contributed by atoms with Crippen LogP contribution in [0.1, 0.15) is 38.3 Å². The Balaban J connectivity index is 1.96. The van der Waals surface area contributed by atoms with Crippen molar-refractivity contribution in [1.82, 2.24) is 24.2 Å². The number of likely N-dealkylation sites (tertiary alicyclic amines) is 1. The monoisotopic (exact) mass is 290 g/mol. The molecule has 0 aromatic carbocycles. The molecule has 1 aliphatic heterocycles. The number of nitrogen functional groups attached to an aromatic ring is 1. The Kier molecular flexibility index (Phi) is 3.89. The molecule has 116 valence electrons. The first-order valence-electron chi connectivity index (χ1n) is 7.99. The molecule has 1 atom stereocenters. The zero-order valence-corrected chi connectivity index (χ0v) is 13.3. The molecule has 0 spiro atoms. The van der Waals surface area contributed by atoms with Gasteiger partial charge in [-0.25, -0.2) is 4.98 Å². The van der Waals surface area contributed by atoms with Gasteiger partial charge in [0.1, 0.15) is 5.52 Å². The van der Waals surface area contributed by atoms with Crippen molar-refractivity contribution in [3.63, 3.8) is 0 Å². The third-order valence-corrected chi connectivity index (χ3v) is 4.62. The number of nitrogens with zero attached hydrogens (tertiary/aromatic N) is 5. The second-order valence-electron chi connectivity index (χ2n) is 6.20. The molecular weight excluding hydrogens is 264 g/mol. The number of aromatic nitrogens is 4. The number of nitrogens with two attached hydrogens (primary N) is 1. The molecule has 6 heteroatoms. The van der Waals surface area contributed by atoms with Crippen molar-refractivity contribution in [3.8, 4) is 0 Å².